The molecule has 0 amide bonds. The summed E-state index contributed by atoms with van der Waals surface area (Å²) >= 11 is 5.72. The second-order valence-electron chi connectivity index (χ2n) is 2.52. The molecule has 0 radical (unpaired) electrons. The highest BCUT2D eigenvalue weighted by atomic mass is 35.5. The van der Waals surface area contributed by atoms with Crippen molar-refractivity contribution in [2.45, 2.75) is 0 Å². The van der Waals surface area contributed by atoms with Crippen LogP contribution in [0.5, 0.6) is 0 Å². The largest absolute Gasteiger partial charge is 0.382 e. The molecule has 4 nitrogen and oxygen atoms in total. The molecule has 2 N–H and O–H groups in total. The second kappa shape index (κ2) is 3.06. The minimum atomic E-state index is 0.437. The van der Waals surface area contributed by atoms with Crippen LogP contribution in [0.4, 0.5) is 5.82 Å². The summed E-state index contributed by atoms with van der Waals surface area (Å²) in [5.41, 5.74) is 6.32. The standard InChI is InChI=1S/C8H7ClN4/c9-7-5-6(1-3-11-7)13-4-2-8(10)12-13/h1-5H,(H2,10,12). The topological polar surface area (TPSA) is 56.7 Å². The molecule has 2 rings (SSSR count). The van der Waals surface area contributed by atoms with Crippen LogP contribution in [0.1, 0.15) is 0 Å². The normalized spacial score (nSPS) is 10.2. The first kappa shape index (κ1) is 8.07. The predicted octanol–water partition coefficient (Wildman–Crippen LogP) is 1.50. The number of rotatable bonds is 1. The van der Waals surface area contributed by atoms with Crippen LogP contribution >= 0.6 is 11.6 Å². The van der Waals surface area contributed by atoms with E-state index >= 15 is 0 Å². The zero-order chi connectivity index (χ0) is 9.26. The Morgan fingerprint density at radius 3 is 2.85 bits per heavy atom. The molecule has 2 heterocycles. The zero-order valence-corrected chi connectivity index (χ0v) is 7.44. The number of anilines is 1. The van der Waals surface area contributed by atoms with Gasteiger partial charge < -0.3 is 5.73 Å². The zero-order valence-electron chi connectivity index (χ0n) is 6.68. The van der Waals surface area contributed by atoms with E-state index in [0.717, 1.165) is 5.69 Å². The number of nitrogen functional groups attached to an aromatic ring is 1. The van der Waals surface area contributed by atoms with Crippen LogP contribution in [-0.4, -0.2) is 14.8 Å². The van der Waals surface area contributed by atoms with Crippen molar-refractivity contribution < 1.29 is 0 Å². The lowest BCUT2D eigenvalue weighted by atomic mass is 10.4. The summed E-state index contributed by atoms with van der Waals surface area (Å²) in [6.07, 6.45) is 3.39. The number of aromatic nitrogens is 3. The summed E-state index contributed by atoms with van der Waals surface area (Å²) in [4.78, 5) is 3.87. The Balaban J connectivity index is 2.46. The Bertz CT molecular complexity index is 424. The minimum Gasteiger partial charge on any atom is -0.382 e. The molecule has 0 aliphatic rings. The SMILES string of the molecule is Nc1ccn(-c2ccnc(Cl)c2)n1. The van der Waals surface area contributed by atoms with Gasteiger partial charge in [-0.2, -0.15) is 5.10 Å². The molecule has 0 aromatic carbocycles. The molecule has 0 spiro atoms. The van der Waals surface area contributed by atoms with Gasteiger partial charge in [-0.15, -0.1) is 0 Å². The summed E-state index contributed by atoms with van der Waals surface area (Å²) in [5.74, 6) is 0.480. The van der Waals surface area contributed by atoms with E-state index in [1.807, 2.05) is 0 Å². The fraction of sp³-hybridized carbons (Fsp3) is 0. The minimum absolute atomic E-state index is 0.437. The van der Waals surface area contributed by atoms with Crippen molar-refractivity contribution in [1.82, 2.24) is 14.8 Å². The molecule has 0 saturated heterocycles. The molecule has 5 heteroatoms. The van der Waals surface area contributed by atoms with E-state index in [1.54, 1.807) is 35.3 Å². The Labute approximate surface area is 80.0 Å². The van der Waals surface area contributed by atoms with Gasteiger partial charge in [-0.3, -0.25) is 0 Å². The summed E-state index contributed by atoms with van der Waals surface area (Å²) in [7, 11) is 0. The van der Waals surface area contributed by atoms with Crippen molar-refractivity contribution in [2.75, 3.05) is 5.73 Å². The molecule has 0 atom stereocenters. The van der Waals surface area contributed by atoms with Crippen LogP contribution in [-0.2, 0) is 0 Å². The molecule has 0 aliphatic carbocycles. The number of hydrogen-bond donors (Lipinski definition) is 1. The molecule has 2 aromatic heterocycles. The smallest absolute Gasteiger partial charge is 0.145 e. The van der Waals surface area contributed by atoms with Gasteiger partial charge >= 0.3 is 0 Å². The molecule has 0 aliphatic heterocycles. The number of nitrogens with zero attached hydrogens (tertiary/aromatic N) is 3. The maximum absolute atomic E-state index is 5.72. The molecular weight excluding hydrogens is 188 g/mol. The van der Waals surface area contributed by atoms with Gasteiger partial charge in [0.25, 0.3) is 0 Å². The van der Waals surface area contributed by atoms with E-state index in [1.165, 1.54) is 0 Å². The van der Waals surface area contributed by atoms with Gasteiger partial charge in [-0.25, -0.2) is 9.67 Å². The molecule has 0 saturated carbocycles. The van der Waals surface area contributed by atoms with Crippen molar-refractivity contribution >= 4 is 17.4 Å². The average molecular weight is 195 g/mol. The van der Waals surface area contributed by atoms with E-state index in [-0.39, 0.29) is 0 Å². The van der Waals surface area contributed by atoms with Crippen LogP contribution in [0.3, 0.4) is 0 Å². The fourth-order valence-corrected chi connectivity index (χ4v) is 1.18. The summed E-state index contributed by atoms with van der Waals surface area (Å²) in [6.45, 7) is 0. The first-order valence-electron chi connectivity index (χ1n) is 3.69. The number of nitrogens with two attached hydrogens (primary N) is 1. The van der Waals surface area contributed by atoms with Crippen LogP contribution in [0, 0.1) is 0 Å². The third kappa shape index (κ3) is 1.62. The number of halogens is 1. The van der Waals surface area contributed by atoms with Crippen molar-refractivity contribution in [3.8, 4) is 5.69 Å². The predicted molar refractivity (Wildman–Crippen MR) is 50.8 cm³/mol. The van der Waals surface area contributed by atoms with Crippen LogP contribution in [0.15, 0.2) is 30.6 Å². The molecule has 66 valence electrons. The van der Waals surface area contributed by atoms with Crippen molar-refractivity contribution in [3.05, 3.63) is 35.7 Å². The highest BCUT2D eigenvalue weighted by molar-refractivity contribution is 6.29. The number of hydrogen-bond acceptors (Lipinski definition) is 3. The highest BCUT2D eigenvalue weighted by Gasteiger charge is 1.98. The Morgan fingerprint density at radius 2 is 2.23 bits per heavy atom. The first-order chi connectivity index (χ1) is 6.25. The molecule has 13 heavy (non-hydrogen) atoms. The van der Waals surface area contributed by atoms with Crippen molar-refractivity contribution in [2.24, 2.45) is 0 Å². The van der Waals surface area contributed by atoms with Crippen molar-refractivity contribution in [3.63, 3.8) is 0 Å². The van der Waals surface area contributed by atoms with E-state index < -0.39 is 0 Å². The Kier molecular flexibility index (Phi) is 1.90. The van der Waals surface area contributed by atoms with Crippen LogP contribution in [0.2, 0.25) is 5.15 Å². The highest BCUT2D eigenvalue weighted by Crippen LogP contribution is 2.11. The Morgan fingerprint density at radius 1 is 1.38 bits per heavy atom. The summed E-state index contributed by atoms with van der Waals surface area (Å²) in [6, 6.07) is 5.24. The first-order valence-corrected chi connectivity index (χ1v) is 4.06. The monoisotopic (exact) mass is 194 g/mol. The molecular formula is C8H7ClN4. The van der Waals surface area contributed by atoms with E-state index in [0.29, 0.717) is 11.0 Å². The van der Waals surface area contributed by atoms with E-state index in [4.69, 9.17) is 17.3 Å². The maximum atomic E-state index is 5.72. The van der Waals surface area contributed by atoms with Crippen molar-refractivity contribution in [1.29, 1.82) is 0 Å². The van der Waals surface area contributed by atoms with Gasteiger partial charge in [-0.1, -0.05) is 11.6 Å². The number of pyridine rings is 1. The lowest BCUT2D eigenvalue weighted by Crippen LogP contribution is -1.96. The van der Waals surface area contributed by atoms with Crippen LogP contribution < -0.4 is 5.73 Å². The molecule has 0 bridgehead atoms. The lowest BCUT2D eigenvalue weighted by Gasteiger charge is -1.99. The van der Waals surface area contributed by atoms with Gasteiger partial charge in [0.1, 0.15) is 11.0 Å². The lowest BCUT2D eigenvalue weighted by molar-refractivity contribution is 0.883. The van der Waals surface area contributed by atoms with Gasteiger partial charge in [0.2, 0.25) is 0 Å². The maximum Gasteiger partial charge on any atom is 0.145 e. The van der Waals surface area contributed by atoms with E-state index in [2.05, 4.69) is 10.1 Å². The summed E-state index contributed by atoms with van der Waals surface area (Å²) < 4.78 is 1.64. The average Bonchev–Trinajstić information content (AvgIpc) is 2.52. The molecule has 0 unspecified atom stereocenters. The Hall–Kier alpha value is -1.55. The third-order valence-electron chi connectivity index (χ3n) is 1.58. The van der Waals surface area contributed by atoms with Gasteiger partial charge in [0.05, 0.1) is 5.69 Å². The molecule has 0 fully saturated rings. The van der Waals surface area contributed by atoms with E-state index in [9.17, 15) is 0 Å². The fourth-order valence-electron chi connectivity index (χ4n) is 1.02. The second-order valence-corrected chi connectivity index (χ2v) is 2.91. The summed E-state index contributed by atoms with van der Waals surface area (Å²) in [5, 5.41) is 4.47. The van der Waals surface area contributed by atoms with Gasteiger partial charge in [0.15, 0.2) is 0 Å². The quantitative estimate of drug-likeness (QED) is 0.700. The van der Waals surface area contributed by atoms with Gasteiger partial charge in [0, 0.05) is 24.5 Å². The van der Waals surface area contributed by atoms with Crippen LogP contribution in [0.25, 0.3) is 5.69 Å². The molecule has 2 aromatic rings. The van der Waals surface area contributed by atoms with Gasteiger partial charge in [-0.05, 0) is 6.07 Å². The third-order valence-corrected chi connectivity index (χ3v) is 1.79.